The molecule has 5 nitrogen and oxygen atoms in total. The summed E-state index contributed by atoms with van der Waals surface area (Å²) in [5.74, 6) is 0. The minimum atomic E-state index is -1.07. The fraction of sp³-hybridized carbons (Fsp3) is 0.923. The maximum Gasteiger partial charge on any atom is 0.147 e. The highest BCUT2D eigenvalue weighted by Gasteiger charge is 2.35. The van der Waals surface area contributed by atoms with Crippen LogP contribution < -0.4 is 5.73 Å². The summed E-state index contributed by atoms with van der Waals surface area (Å²) in [6.07, 6.45) is 2.03. The van der Waals surface area contributed by atoms with E-state index in [1.165, 1.54) is 0 Å². The molecule has 2 N–H and O–H groups in total. The zero-order chi connectivity index (χ0) is 13.2. The van der Waals surface area contributed by atoms with E-state index in [9.17, 15) is 4.39 Å². The van der Waals surface area contributed by atoms with Gasteiger partial charge in [0.25, 0.3) is 0 Å². The second kappa shape index (κ2) is 5.83. The number of likely N-dealkylation sites (tertiary alicyclic amines) is 1. The topological polar surface area (TPSA) is 60.1 Å². The molecule has 3 unspecified atom stereocenters. The predicted octanol–water partition coefficient (Wildman–Crippen LogP) is -0.0154. The van der Waals surface area contributed by atoms with E-state index in [-0.39, 0.29) is 12.6 Å². The second-order valence-electron chi connectivity index (χ2n) is 5.63. The van der Waals surface area contributed by atoms with Crippen molar-refractivity contribution in [1.82, 2.24) is 4.90 Å². The molecule has 3 rings (SSSR count). The van der Waals surface area contributed by atoms with Gasteiger partial charge in [-0.1, -0.05) is 0 Å². The summed E-state index contributed by atoms with van der Waals surface area (Å²) in [7, 11) is 0. The normalized spacial score (nSPS) is 38.3. The molecule has 3 aliphatic rings. The van der Waals surface area contributed by atoms with Crippen LogP contribution in [0.3, 0.4) is 0 Å². The third-order valence-electron chi connectivity index (χ3n) is 4.26. The van der Waals surface area contributed by atoms with Crippen molar-refractivity contribution >= 4 is 6.21 Å². The van der Waals surface area contributed by atoms with Gasteiger partial charge >= 0.3 is 0 Å². The van der Waals surface area contributed by atoms with E-state index in [0.29, 0.717) is 6.04 Å². The first-order valence-corrected chi connectivity index (χ1v) is 7.11. The summed E-state index contributed by atoms with van der Waals surface area (Å²) in [5, 5.41) is 0. The van der Waals surface area contributed by atoms with Gasteiger partial charge in [-0.05, 0) is 12.8 Å². The van der Waals surface area contributed by atoms with Gasteiger partial charge in [0.15, 0.2) is 0 Å². The van der Waals surface area contributed by atoms with Crippen LogP contribution in [0.15, 0.2) is 4.99 Å². The Morgan fingerprint density at radius 2 is 2.05 bits per heavy atom. The Kier molecular flexibility index (Phi) is 4.12. The van der Waals surface area contributed by atoms with Crippen molar-refractivity contribution in [2.45, 2.75) is 43.3 Å². The quantitative estimate of drug-likeness (QED) is 0.784. The number of nitrogens with two attached hydrogens (primary N) is 1. The van der Waals surface area contributed by atoms with Crippen LogP contribution in [-0.4, -0.2) is 74.4 Å². The molecule has 0 aromatic carbocycles. The molecule has 3 aliphatic heterocycles. The molecular weight excluding hydrogens is 249 g/mol. The minimum absolute atomic E-state index is 0.123. The molecule has 2 saturated heterocycles. The van der Waals surface area contributed by atoms with Crippen LogP contribution in [-0.2, 0) is 9.47 Å². The van der Waals surface area contributed by atoms with Crippen molar-refractivity contribution < 1.29 is 13.9 Å². The van der Waals surface area contributed by atoms with Crippen LogP contribution in [0.5, 0.6) is 0 Å². The number of ether oxygens (including phenoxy) is 2. The number of piperidine rings is 1. The van der Waals surface area contributed by atoms with E-state index in [1.807, 2.05) is 0 Å². The van der Waals surface area contributed by atoms with Crippen molar-refractivity contribution in [3.8, 4) is 0 Å². The number of nitrogens with zero attached hydrogens (tertiary/aromatic N) is 2. The monoisotopic (exact) mass is 271 g/mol. The summed E-state index contributed by atoms with van der Waals surface area (Å²) in [5.41, 5.74) is 5.85. The minimum Gasteiger partial charge on any atom is -0.378 e. The fourth-order valence-corrected chi connectivity index (χ4v) is 2.92. The van der Waals surface area contributed by atoms with Crippen LogP contribution in [0.1, 0.15) is 12.8 Å². The van der Waals surface area contributed by atoms with Crippen LogP contribution >= 0.6 is 0 Å². The molecule has 3 heterocycles. The van der Waals surface area contributed by atoms with Crippen molar-refractivity contribution in [2.24, 2.45) is 10.7 Å². The van der Waals surface area contributed by atoms with Gasteiger partial charge in [-0.3, -0.25) is 9.89 Å². The Balaban J connectivity index is 1.47. The van der Waals surface area contributed by atoms with Gasteiger partial charge in [0.2, 0.25) is 0 Å². The lowest BCUT2D eigenvalue weighted by Crippen LogP contribution is -2.54. The standard InChI is InChI=1S/C13H22FN3O2/c14-11-5-16-6-12(15)13(11)19-10-1-3-17(4-2-10)9-7-18-8-9/h6,9-13H,1-5,7-8,15H2. The Bertz CT molecular complexity index is 330. The molecule has 0 radical (unpaired) electrons. The first kappa shape index (κ1) is 13.4. The highest BCUT2D eigenvalue weighted by atomic mass is 19.1. The first-order valence-electron chi connectivity index (χ1n) is 7.11. The number of hydrogen-bond donors (Lipinski definition) is 1. The molecule has 2 fully saturated rings. The molecule has 0 aromatic heterocycles. The summed E-state index contributed by atoms with van der Waals surface area (Å²) in [6, 6.07) is 0.167. The van der Waals surface area contributed by atoms with Crippen molar-refractivity contribution in [3.05, 3.63) is 0 Å². The smallest absolute Gasteiger partial charge is 0.147 e. The van der Waals surface area contributed by atoms with E-state index >= 15 is 0 Å². The zero-order valence-corrected chi connectivity index (χ0v) is 11.1. The molecule has 0 spiro atoms. The fourth-order valence-electron chi connectivity index (χ4n) is 2.92. The summed E-state index contributed by atoms with van der Waals surface area (Å²) in [6.45, 7) is 3.89. The van der Waals surface area contributed by atoms with Crippen molar-refractivity contribution in [1.29, 1.82) is 0 Å². The number of hydrogen-bond acceptors (Lipinski definition) is 5. The first-order chi connectivity index (χ1) is 9.24. The number of aliphatic imine (C=N–C) groups is 1. The van der Waals surface area contributed by atoms with Crippen molar-refractivity contribution in [2.75, 3.05) is 32.8 Å². The largest absolute Gasteiger partial charge is 0.378 e. The molecule has 6 heteroatoms. The molecule has 108 valence electrons. The SMILES string of the molecule is NC1C=NCC(F)C1OC1CCN(C2COC2)CC1. The van der Waals surface area contributed by atoms with Crippen LogP contribution in [0.2, 0.25) is 0 Å². The number of halogens is 1. The molecule has 3 atom stereocenters. The maximum absolute atomic E-state index is 13.8. The van der Waals surface area contributed by atoms with Crippen LogP contribution in [0.25, 0.3) is 0 Å². The van der Waals surface area contributed by atoms with E-state index in [2.05, 4.69) is 9.89 Å². The van der Waals surface area contributed by atoms with Crippen LogP contribution in [0, 0.1) is 0 Å². The van der Waals surface area contributed by atoms with Gasteiger partial charge in [0.1, 0.15) is 12.3 Å². The average molecular weight is 271 g/mol. The summed E-state index contributed by atoms with van der Waals surface area (Å²) in [4.78, 5) is 6.35. The van der Waals surface area contributed by atoms with Crippen LogP contribution in [0.4, 0.5) is 4.39 Å². The molecule has 0 amide bonds. The van der Waals surface area contributed by atoms with Gasteiger partial charge in [0.05, 0.1) is 37.9 Å². The van der Waals surface area contributed by atoms with E-state index in [0.717, 1.165) is 39.1 Å². The zero-order valence-electron chi connectivity index (χ0n) is 11.1. The van der Waals surface area contributed by atoms with Gasteiger partial charge in [-0.15, -0.1) is 0 Å². The third-order valence-corrected chi connectivity index (χ3v) is 4.26. The molecule has 0 saturated carbocycles. The van der Waals surface area contributed by atoms with E-state index in [4.69, 9.17) is 15.2 Å². The van der Waals surface area contributed by atoms with Crippen molar-refractivity contribution in [3.63, 3.8) is 0 Å². The Labute approximate surface area is 112 Å². The predicted molar refractivity (Wildman–Crippen MR) is 70.3 cm³/mol. The average Bonchev–Trinajstić information content (AvgIpc) is 2.34. The molecular formula is C13H22FN3O2. The Morgan fingerprint density at radius 3 is 2.63 bits per heavy atom. The Hall–Kier alpha value is -0.560. The van der Waals surface area contributed by atoms with E-state index < -0.39 is 18.3 Å². The lowest BCUT2D eigenvalue weighted by molar-refractivity contribution is -0.107. The lowest BCUT2D eigenvalue weighted by Gasteiger charge is -2.42. The van der Waals surface area contributed by atoms with Gasteiger partial charge in [-0.2, -0.15) is 0 Å². The highest BCUT2D eigenvalue weighted by molar-refractivity contribution is 5.66. The molecule has 0 aliphatic carbocycles. The number of alkyl halides is 1. The molecule has 0 aromatic rings. The highest BCUT2D eigenvalue weighted by Crippen LogP contribution is 2.23. The van der Waals surface area contributed by atoms with Gasteiger partial charge in [0, 0.05) is 19.3 Å². The molecule has 19 heavy (non-hydrogen) atoms. The number of rotatable bonds is 3. The third kappa shape index (κ3) is 2.97. The second-order valence-corrected chi connectivity index (χ2v) is 5.63. The van der Waals surface area contributed by atoms with E-state index in [1.54, 1.807) is 6.21 Å². The Morgan fingerprint density at radius 1 is 1.32 bits per heavy atom. The maximum atomic E-state index is 13.8. The van der Waals surface area contributed by atoms with Gasteiger partial charge < -0.3 is 15.2 Å². The summed E-state index contributed by atoms with van der Waals surface area (Å²) >= 11 is 0. The molecule has 0 bridgehead atoms. The lowest BCUT2D eigenvalue weighted by atomic mass is 10.0. The van der Waals surface area contributed by atoms with Gasteiger partial charge in [-0.25, -0.2) is 4.39 Å². The summed E-state index contributed by atoms with van der Waals surface area (Å²) < 4.78 is 24.9.